The maximum absolute atomic E-state index is 12.3. The van der Waals surface area contributed by atoms with Crippen molar-refractivity contribution in [2.24, 2.45) is 0 Å². The summed E-state index contributed by atoms with van der Waals surface area (Å²) in [5, 5.41) is 10.0. The quantitative estimate of drug-likeness (QED) is 0.853. The van der Waals surface area contributed by atoms with Crippen molar-refractivity contribution in [2.45, 2.75) is 25.2 Å². The summed E-state index contributed by atoms with van der Waals surface area (Å²) < 4.78 is 10.7. The number of amides is 1. The number of benzene rings is 2. The van der Waals surface area contributed by atoms with Crippen LogP contribution >= 0.6 is 0 Å². The van der Waals surface area contributed by atoms with Crippen molar-refractivity contribution in [1.29, 1.82) is 0 Å². The number of hydrogen-bond acceptors (Lipinski definition) is 5. The normalized spacial score (nSPS) is 19.7. The lowest BCUT2D eigenvalue weighted by Crippen LogP contribution is -2.49. The number of aliphatic hydroxyl groups excluding tert-OH is 1. The first-order valence-corrected chi connectivity index (χ1v) is 8.51. The van der Waals surface area contributed by atoms with Gasteiger partial charge in [-0.2, -0.15) is 0 Å². The van der Waals surface area contributed by atoms with Gasteiger partial charge in [-0.25, -0.2) is 9.59 Å². The number of β-amino-alcohol motifs (C(OH)–C–C–N with tert-alkyl or cyclic N) is 1. The summed E-state index contributed by atoms with van der Waals surface area (Å²) in [4.78, 5) is 25.8. The molecule has 0 unspecified atom stereocenters. The molecule has 1 aliphatic rings. The molecule has 1 aliphatic heterocycles. The molecule has 3 rings (SSSR count). The monoisotopic (exact) mass is 355 g/mol. The number of carbonyl (C=O) groups excluding carboxylic acids is 2. The minimum atomic E-state index is -0.762. The number of likely N-dealkylation sites (tertiary alicyclic amines) is 1. The van der Waals surface area contributed by atoms with Gasteiger partial charge in [0.15, 0.2) is 0 Å². The highest BCUT2D eigenvalue weighted by molar-refractivity contribution is 5.89. The van der Waals surface area contributed by atoms with Gasteiger partial charge in [0.1, 0.15) is 12.7 Å². The summed E-state index contributed by atoms with van der Waals surface area (Å²) in [6, 6.07) is 18.0. The fourth-order valence-corrected chi connectivity index (χ4v) is 2.87. The van der Waals surface area contributed by atoms with Gasteiger partial charge in [0, 0.05) is 6.42 Å². The predicted octanol–water partition coefficient (Wildman–Crippen LogP) is 2.62. The Hall–Kier alpha value is -2.86. The van der Waals surface area contributed by atoms with Crippen molar-refractivity contribution in [3.8, 4) is 0 Å². The first-order chi connectivity index (χ1) is 12.6. The average molecular weight is 355 g/mol. The Morgan fingerprint density at radius 2 is 1.65 bits per heavy atom. The molecule has 0 bridgehead atoms. The molecule has 6 heteroatoms. The lowest BCUT2D eigenvalue weighted by atomic mass is 10.1. The van der Waals surface area contributed by atoms with Crippen LogP contribution < -0.4 is 0 Å². The summed E-state index contributed by atoms with van der Waals surface area (Å²) in [5.41, 5.74) is 1.32. The molecule has 1 N–H and O–H groups in total. The first-order valence-electron chi connectivity index (χ1n) is 8.51. The highest BCUT2D eigenvalue weighted by Gasteiger charge is 2.32. The Bertz CT molecular complexity index is 734. The summed E-state index contributed by atoms with van der Waals surface area (Å²) in [5.74, 6) is -0.470. The third-order valence-corrected chi connectivity index (χ3v) is 4.14. The summed E-state index contributed by atoms with van der Waals surface area (Å²) in [6.07, 6.45) is -1.58. The van der Waals surface area contributed by atoms with E-state index in [0.29, 0.717) is 12.0 Å². The van der Waals surface area contributed by atoms with Crippen LogP contribution in [0.3, 0.4) is 0 Å². The number of piperidine rings is 1. The molecule has 2 aromatic rings. The van der Waals surface area contributed by atoms with Crippen molar-refractivity contribution in [2.75, 3.05) is 13.1 Å². The smallest absolute Gasteiger partial charge is 0.410 e. The fourth-order valence-electron chi connectivity index (χ4n) is 2.87. The molecule has 1 saturated heterocycles. The zero-order valence-corrected chi connectivity index (χ0v) is 14.3. The van der Waals surface area contributed by atoms with Gasteiger partial charge < -0.3 is 19.5 Å². The van der Waals surface area contributed by atoms with Crippen LogP contribution in [-0.2, 0) is 16.1 Å². The Morgan fingerprint density at radius 3 is 2.35 bits per heavy atom. The van der Waals surface area contributed by atoms with Gasteiger partial charge in [0.05, 0.1) is 24.8 Å². The molecule has 1 heterocycles. The molecule has 0 aliphatic carbocycles. The Kier molecular flexibility index (Phi) is 5.86. The number of esters is 1. The fraction of sp³-hybridized carbons (Fsp3) is 0.300. The van der Waals surface area contributed by atoms with Crippen LogP contribution in [-0.4, -0.2) is 47.4 Å². The van der Waals surface area contributed by atoms with E-state index in [1.165, 1.54) is 4.90 Å². The topological polar surface area (TPSA) is 76.1 Å². The maximum atomic E-state index is 12.3. The molecule has 0 radical (unpaired) electrons. The van der Waals surface area contributed by atoms with Crippen molar-refractivity contribution in [3.63, 3.8) is 0 Å². The Balaban J connectivity index is 1.55. The number of ether oxygens (including phenoxy) is 2. The largest absolute Gasteiger partial charge is 0.457 e. The van der Waals surface area contributed by atoms with E-state index >= 15 is 0 Å². The Labute approximate surface area is 152 Å². The molecule has 2 atom stereocenters. The van der Waals surface area contributed by atoms with Crippen LogP contribution in [0.1, 0.15) is 22.3 Å². The van der Waals surface area contributed by atoms with Gasteiger partial charge in [0.2, 0.25) is 0 Å². The van der Waals surface area contributed by atoms with Gasteiger partial charge in [0.25, 0.3) is 0 Å². The van der Waals surface area contributed by atoms with E-state index < -0.39 is 24.3 Å². The standard InChI is InChI=1S/C20H21NO5/c22-17-11-18(26-19(23)16-9-5-2-6-10-16)13-21(12-17)20(24)25-14-15-7-3-1-4-8-15/h1-10,17-18,22H,11-14H2/t17-,18+/m1/s1. The molecule has 1 amide bonds. The van der Waals surface area contributed by atoms with Crippen LogP contribution in [0.2, 0.25) is 0 Å². The third-order valence-electron chi connectivity index (χ3n) is 4.14. The second kappa shape index (κ2) is 8.49. The first kappa shape index (κ1) is 17.9. The van der Waals surface area contributed by atoms with E-state index in [4.69, 9.17) is 9.47 Å². The average Bonchev–Trinajstić information content (AvgIpc) is 2.67. The van der Waals surface area contributed by atoms with Gasteiger partial charge >= 0.3 is 12.1 Å². The molecule has 0 aromatic heterocycles. The highest BCUT2D eigenvalue weighted by Crippen LogP contribution is 2.17. The third kappa shape index (κ3) is 4.83. The van der Waals surface area contributed by atoms with Crippen LogP contribution in [0.15, 0.2) is 60.7 Å². The molecular formula is C20H21NO5. The minimum absolute atomic E-state index is 0.154. The van der Waals surface area contributed by atoms with E-state index in [9.17, 15) is 14.7 Å². The van der Waals surface area contributed by atoms with Crippen molar-refractivity contribution < 1.29 is 24.2 Å². The van der Waals surface area contributed by atoms with Crippen molar-refractivity contribution in [3.05, 3.63) is 71.8 Å². The lowest BCUT2D eigenvalue weighted by molar-refractivity contribution is -0.0299. The maximum Gasteiger partial charge on any atom is 0.410 e. The number of nitrogens with zero attached hydrogens (tertiary/aromatic N) is 1. The summed E-state index contributed by atoms with van der Waals surface area (Å²) in [7, 11) is 0. The van der Waals surface area contributed by atoms with E-state index in [2.05, 4.69) is 0 Å². The predicted molar refractivity (Wildman–Crippen MR) is 94.5 cm³/mol. The van der Waals surface area contributed by atoms with Gasteiger partial charge in [-0.05, 0) is 17.7 Å². The van der Waals surface area contributed by atoms with Crippen LogP contribution in [0, 0.1) is 0 Å². The van der Waals surface area contributed by atoms with Crippen LogP contribution in [0.5, 0.6) is 0 Å². The second-order valence-corrected chi connectivity index (χ2v) is 6.23. The zero-order chi connectivity index (χ0) is 18.4. The minimum Gasteiger partial charge on any atom is -0.457 e. The van der Waals surface area contributed by atoms with Crippen molar-refractivity contribution in [1.82, 2.24) is 4.90 Å². The number of hydrogen-bond donors (Lipinski definition) is 1. The second-order valence-electron chi connectivity index (χ2n) is 6.23. The van der Waals surface area contributed by atoms with E-state index in [-0.39, 0.29) is 19.7 Å². The van der Waals surface area contributed by atoms with E-state index in [1.54, 1.807) is 24.3 Å². The van der Waals surface area contributed by atoms with Gasteiger partial charge in [-0.1, -0.05) is 48.5 Å². The van der Waals surface area contributed by atoms with Crippen LogP contribution in [0.25, 0.3) is 0 Å². The Morgan fingerprint density at radius 1 is 1.00 bits per heavy atom. The number of aliphatic hydroxyl groups is 1. The summed E-state index contributed by atoms with van der Waals surface area (Å²) >= 11 is 0. The van der Waals surface area contributed by atoms with Gasteiger partial charge in [-0.3, -0.25) is 0 Å². The van der Waals surface area contributed by atoms with E-state index in [1.807, 2.05) is 36.4 Å². The molecular weight excluding hydrogens is 334 g/mol. The molecule has 136 valence electrons. The molecule has 6 nitrogen and oxygen atoms in total. The zero-order valence-electron chi connectivity index (χ0n) is 14.3. The molecule has 0 spiro atoms. The molecule has 1 fully saturated rings. The highest BCUT2D eigenvalue weighted by atomic mass is 16.6. The molecule has 26 heavy (non-hydrogen) atoms. The SMILES string of the molecule is O=C(O[C@H]1C[C@@H](O)CN(C(=O)OCc2ccccc2)C1)c1ccccc1. The van der Waals surface area contributed by atoms with Crippen molar-refractivity contribution >= 4 is 12.1 Å². The summed E-state index contributed by atoms with van der Waals surface area (Å²) in [6.45, 7) is 0.511. The molecule has 2 aromatic carbocycles. The number of rotatable bonds is 4. The van der Waals surface area contributed by atoms with E-state index in [0.717, 1.165) is 5.56 Å². The van der Waals surface area contributed by atoms with Gasteiger partial charge in [-0.15, -0.1) is 0 Å². The molecule has 0 saturated carbocycles. The number of carbonyl (C=O) groups is 2. The lowest BCUT2D eigenvalue weighted by Gasteiger charge is -2.34. The van der Waals surface area contributed by atoms with Crippen LogP contribution in [0.4, 0.5) is 4.79 Å².